The summed E-state index contributed by atoms with van der Waals surface area (Å²) in [6.45, 7) is 4.45. The second-order valence-corrected chi connectivity index (χ2v) is 4.24. The number of hydrogen-bond donors (Lipinski definition) is 2. The van der Waals surface area contributed by atoms with Crippen LogP contribution in [0.5, 0.6) is 0 Å². The molecule has 0 aliphatic heterocycles. The van der Waals surface area contributed by atoms with Crippen molar-refractivity contribution in [2.75, 3.05) is 0 Å². The van der Waals surface area contributed by atoms with Gasteiger partial charge in [-0.05, 0) is 18.8 Å². The molecule has 15 heavy (non-hydrogen) atoms. The molecule has 86 valence electrons. The van der Waals surface area contributed by atoms with E-state index in [9.17, 15) is 0 Å². The fourth-order valence-corrected chi connectivity index (χ4v) is 2.11. The average Bonchev–Trinajstić information content (AvgIpc) is 2.70. The van der Waals surface area contributed by atoms with Gasteiger partial charge in [-0.25, -0.2) is 4.98 Å². The number of nitrogens with zero attached hydrogens (tertiary/aromatic N) is 1. The summed E-state index contributed by atoms with van der Waals surface area (Å²) in [5.74, 6) is 1.66. The first-order valence-corrected chi connectivity index (χ1v) is 6.01. The number of H-pyrrole nitrogens is 1. The molecule has 1 aromatic rings. The quantitative estimate of drug-likeness (QED) is 0.725. The first kappa shape index (κ1) is 12.2. The average molecular weight is 209 g/mol. The second-order valence-electron chi connectivity index (χ2n) is 4.24. The van der Waals surface area contributed by atoms with Gasteiger partial charge < -0.3 is 10.7 Å². The molecule has 0 amide bonds. The Kier molecular flexibility index (Phi) is 5.40. The van der Waals surface area contributed by atoms with Crippen LogP contribution >= 0.6 is 0 Å². The molecule has 1 unspecified atom stereocenters. The highest BCUT2D eigenvalue weighted by Crippen LogP contribution is 2.18. The van der Waals surface area contributed by atoms with Gasteiger partial charge in [-0.2, -0.15) is 0 Å². The zero-order valence-corrected chi connectivity index (χ0v) is 9.87. The summed E-state index contributed by atoms with van der Waals surface area (Å²) in [6, 6.07) is 0.246. The Hall–Kier alpha value is -0.830. The van der Waals surface area contributed by atoms with Gasteiger partial charge in [0.1, 0.15) is 5.82 Å². The normalized spacial score (nSPS) is 13.3. The van der Waals surface area contributed by atoms with Crippen LogP contribution in [0.1, 0.15) is 45.4 Å². The maximum atomic E-state index is 6.22. The van der Waals surface area contributed by atoms with Crippen molar-refractivity contribution < 1.29 is 0 Å². The highest BCUT2D eigenvalue weighted by atomic mass is 14.9. The van der Waals surface area contributed by atoms with Gasteiger partial charge in [0.25, 0.3) is 0 Å². The Morgan fingerprint density at radius 1 is 1.33 bits per heavy atom. The lowest BCUT2D eigenvalue weighted by Gasteiger charge is -2.22. The molecule has 0 aliphatic rings. The van der Waals surface area contributed by atoms with E-state index in [0.717, 1.165) is 12.2 Å². The van der Waals surface area contributed by atoms with Crippen LogP contribution < -0.4 is 5.73 Å². The van der Waals surface area contributed by atoms with Gasteiger partial charge in [-0.1, -0.05) is 26.7 Å². The van der Waals surface area contributed by atoms with Crippen molar-refractivity contribution in [3.63, 3.8) is 0 Å². The van der Waals surface area contributed by atoms with Crippen LogP contribution in [0, 0.1) is 5.92 Å². The molecule has 0 aromatic carbocycles. The van der Waals surface area contributed by atoms with Crippen LogP contribution in [-0.2, 0) is 6.42 Å². The van der Waals surface area contributed by atoms with Crippen molar-refractivity contribution in [2.24, 2.45) is 11.7 Å². The lowest BCUT2D eigenvalue weighted by Crippen LogP contribution is -2.32. The first-order valence-electron chi connectivity index (χ1n) is 6.01. The zero-order chi connectivity index (χ0) is 11.1. The monoisotopic (exact) mass is 209 g/mol. The van der Waals surface area contributed by atoms with Crippen molar-refractivity contribution in [3.8, 4) is 0 Å². The number of hydrogen-bond acceptors (Lipinski definition) is 2. The highest BCUT2D eigenvalue weighted by Gasteiger charge is 2.17. The minimum atomic E-state index is 0.246. The van der Waals surface area contributed by atoms with Crippen LogP contribution in [0.4, 0.5) is 0 Å². The van der Waals surface area contributed by atoms with Gasteiger partial charge in [0.05, 0.1) is 0 Å². The third-order valence-electron chi connectivity index (χ3n) is 2.91. The molecule has 1 aromatic heterocycles. The molecule has 0 radical (unpaired) electrons. The Balaban J connectivity index is 2.44. The lowest BCUT2D eigenvalue weighted by molar-refractivity contribution is 0.356. The molecule has 0 saturated carbocycles. The number of rotatable bonds is 7. The van der Waals surface area contributed by atoms with E-state index in [0.29, 0.717) is 5.92 Å². The van der Waals surface area contributed by atoms with Crippen molar-refractivity contribution >= 4 is 0 Å². The molecule has 0 aliphatic carbocycles. The lowest BCUT2D eigenvalue weighted by atomic mass is 9.89. The number of aromatic nitrogens is 2. The third-order valence-corrected chi connectivity index (χ3v) is 2.91. The number of nitrogens with one attached hydrogen (secondary N) is 1. The smallest absolute Gasteiger partial charge is 0.107 e. The SMILES string of the molecule is CCCC(CCC)C(N)Cc1ncc[nH]1. The molecule has 1 atom stereocenters. The van der Waals surface area contributed by atoms with Crippen LogP contribution in [0.3, 0.4) is 0 Å². The molecule has 0 spiro atoms. The third kappa shape index (κ3) is 4.04. The van der Waals surface area contributed by atoms with Gasteiger partial charge in [0, 0.05) is 24.9 Å². The van der Waals surface area contributed by atoms with Gasteiger partial charge in [0.2, 0.25) is 0 Å². The van der Waals surface area contributed by atoms with Crippen molar-refractivity contribution in [3.05, 3.63) is 18.2 Å². The van der Waals surface area contributed by atoms with E-state index in [1.807, 2.05) is 6.20 Å². The highest BCUT2D eigenvalue weighted by molar-refractivity contribution is 4.92. The van der Waals surface area contributed by atoms with E-state index in [-0.39, 0.29) is 6.04 Å². The van der Waals surface area contributed by atoms with E-state index in [2.05, 4.69) is 23.8 Å². The Labute approximate surface area is 92.5 Å². The Bertz CT molecular complexity index is 237. The maximum Gasteiger partial charge on any atom is 0.107 e. The Morgan fingerprint density at radius 3 is 2.47 bits per heavy atom. The molecule has 3 N–H and O–H groups in total. The molecular formula is C12H23N3. The summed E-state index contributed by atoms with van der Waals surface area (Å²) in [5.41, 5.74) is 6.22. The van der Waals surface area contributed by atoms with Gasteiger partial charge in [0.15, 0.2) is 0 Å². The predicted molar refractivity (Wildman–Crippen MR) is 63.6 cm³/mol. The molecule has 0 fully saturated rings. The molecule has 0 bridgehead atoms. The standard InChI is InChI=1S/C12H23N3/c1-3-5-10(6-4-2)11(13)9-12-14-7-8-15-12/h7-8,10-11H,3-6,9,13H2,1-2H3,(H,14,15). The summed E-state index contributed by atoms with van der Waals surface area (Å²) < 4.78 is 0. The summed E-state index contributed by atoms with van der Waals surface area (Å²) >= 11 is 0. The molecule has 3 nitrogen and oxygen atoms in total. The van der Waals surface area contributed by atoms with Crippen LogP contribution in [-0.4, -0.2) is 16.0 Å². The van der Waals surface area contributed by atoms with E-state index >= 15 is 0 Å². The molecule has 1 heterocycles. The van der Waals surface area contributed by atoms with Crippen LogP contribution in [0.25, 0.3) is 0 Å². The van der Waals surface area contributed by atoms with Gasteiger partial charge in [-0.15, -0.1) is 0 Å². The molecular weight excluding hydrogens is 186 g/mol. The number of imidazole rings is 1. The minimum Gasteiger partial charge on any atom is -0.349 e. The van der Waals surface area contributed by atoms with Crippen LogP contribution in [0.2, 0.25) is 0 Å². The number of aromatic amines is 1. The van der Waals surface area contributed by atoms with E-state index in [1.165, 1.54) is 25.7 Å². The van der Waals surface area contributed by atoms with Crippen molar-refractivity contribution in [2.45, 2.75) is 52.0 Å². The fourth-order valence-electron chi connectivity index (χ4n) is 2.11. The predicted octanol–water partition coefficient (Wildman–Crippen LogP) is 2.50. The molecule has 1 rings (SSSR count). The molecule has 0 saturated heterocycles. The van der Waals surface area contributed by atoms with Gasteiger partial charge in [-0.3, -0.25) is 0 Å². The van der Waals surface area contributed by atoms with Crippen molar-refractivity contribution in [1.29, 1.82) is 0 Å². The van der Waals surface area contributed by atoms with E-state index in [4.69, 9.17) is 5.73 Å². The van der Waals surface area contributed by atoms with E-state index < -0.39 is 0 Å². The summed E-state index contributed by atoms with van der Waals surface area (Å²) in [6.07, 6.45) is 9.42. The van der Waals surface area contributed by atoms with Gasteiger partial charge >= 0.3 is 0 Å². The van der Waals surface area contributed by atoms with Crippen molar-refractivity contribution in [1.82, 2.24) is 9.97 Å². The minimum absolute atomic E-state index is 0.246. The summed E-state index contributed by atoms with van der Waals surface area (Å²) in [5, 5.41) is 0. The molecule has 3 heteroatoms. The first-order chi connectivity index (χ1) is 7.27. The summed E-state index contributed by atoms with van der Waals surface area (Å²) in [4.78, 5) is 7.34. The summed E-state index contributed by atoms with van der Waals surface area (Å²) in [7, 11) is 0. The Morgan fingerprint density at radius 2 is 2.00 bits per heavy atom. The van der Waals surface area contributed by atoms with Crippen LogP contribution in [0.15, 0.2) is 12.4 Å². The fraction of sp³-hybridized carbons (Fsp3) is 0.750. The largest absolute Gasteiger partial charge is 0.349 e. The maximum absolute atomic E-state index is 6.22. The number of nitrogens with two attached hydrogens (primary N) is 1. The zero-order valence-electron chi connectivity index (χ0n) is 9.87. The second kappa shape index (κ2) is 6.62. The van der Waals surface area contributed by atoms with E-state index in [1.54, 1.807) is 6.20 Å². The topological polar surface area (TPSA) is 54.7 Å².